The largest absolute Gasteiger partial charge is 0.484 e. The van der Waals surface area contributed by atoms with Crippen LogP contribution in [0.3, 0.4) is 0 Å². The Bertz CT molecular complexity index is 858. The first kappa shape index (κ1) is 19.0. The van der Waals surface area contributed by atoms with Crippen LogP contribution in [0.2, 0.25) is 5.02 Å². The van der Waals surface area contributed by atoms with Crippen LogP contribution in [0, 0.1) is 0 Å². The van der Waals surface area contributed by atoms with Gasteiger partial charge in [-0.3, -0.25) is 4.79 Å². The van der Waals surface area contributed by atoms with E-state index in [9.17, 15) is 4.79 Å². The summed E-state index contributed by atoms with van der Waals surface area (Å²) in [7, 11) is 0. The standard InChI is InChI=1S/C20H21ClN2O4/c1-20(2,3)14-4-6-15(7-5-14)25-11-19(24)23-22-10-13-8-17-18(9-16(13)21)27-12-26-17/h4-10H,11-12H2,1-3H3,(H,23,24)/b22-10+. The number of fused-ring (bicyclic) bond motifs is 1. The molecule has 3 rings (SSSR count). The summed E-state index contributed by atoms with van der Waals surface area (Å²) in [4.78, 5) is 11.9. The van der Waals surface area contributed by atoms with Gasteiger partial charge in [-0.25, -0.2) is 5.43 Å². The number of benzene rings is 2. The predicted molar refractivity (Wildman–Crippen MR) is 104 cm³/mol. The van der Waals surface area contributed by atoms with Crippen molar-refractivity contribution >= 4 is 23.7 Å². The van der Waals surface area contributed by atoms with Crippen LogP contribution in [0.5, 0.6) is 17.2 Å². The number of halogens is 1. The molecular formula is C20H21ClN2O4. The second kappa shape index (κ2) is 7.88. The van der Waals surface area contributed by atoms with Crippen LogP contribution < -0.4 is 19.6 Å². The Balaban J connectivity index is 1.51. The quantitative estimate of drug-likeness (QED) is 0.623. The van der Waals surface area contributed by atoms with Crippen LogP contribution in [-0.2, 0) is 10.2 Å². The highest BCUT2D eigenvalue weighted by atomic mass is 35.5. The third kappa shape index (κ3) is 4.92. The smallest absolute Gasteiger partial charge is 0.277 e. The fourth-order valence-electron chi connectivity index (χ4n) is 2.44. The summed E-state index contributed by atoms with van der Waals surface area (Å²) < 4.78 is 16.0. The summed E-state index contributed by atoms with van der Waals surface area (Å²) in [6.07, 6.45) is 1.44. The van der Waals surface area contributed by atoms with Gasteiger partial charge in [-0.2, -0.15) is 5.10 Å². The van der Waals surface area contributed by atoms with E-state index < -0.39 is 0 Å². The van der Waals surface area contributed by atoms with Crippen molar-refractivity contribution in [3.63, 3.8) is 0 Å². The molecular weight excluding hydrogens is 368 g/mol. The summed E-state index contributed by atoms with van der Waals surface area (Å²) in [5, 5.41) is 4.35. The van der Waals surface area contributed by atoms with Crippen molar-refractivity contribution < 1.29 is 19.0 Å². The Morgan fingerprint density at radius 3 is 2.56 bits per heavy atom. The minimum atomic E-state index is -0.372. The van der Waals surface area contributed by atoms with E-state index in [-0.39, 0.29) is 24.7 Å². The lowest BCUT2D eigenvalue weighted by molar-refractivity contribution is -0.123. The molecule has 0 spiro atoms. The van der Waals surface area contributed by atoms with E-state index in [4.69, 9.17) is 25.8 Å². The number of ether oxygens (including phenoxy) is 3. The summed E-state index contributed by atoms with van der Waals surface area (Å²) >= 11 is 6.14. The number of hydrogen-bond acceptors (Lipinski definition) is 5. The summed E-state index contributed by atoms with van der Waals surface area (Å²) in [5.74, 6) is 1.44. The topological polar surface area (TPSA) is 69.2 Å². The minimum Gasteiger partial charge on any atom is -0.484 e. The fourth-order valence-corrected chi connectivity index (χ4v) is 2.64. The van der Waals surface area contributed by atoms with E-state index in [0.29, 0.717) is 27.8 Å². The molecule has 0 saturated heterocycles. The minimum absolute atomic E-state index is 0.0701. The van der Waals surface area contributed by atoms with Gasteiger partial charge in [-0.15, -0.1) is 0 Å². The molecule has 6 nitrogen and oxygen atoms in total. The van der Waals surface area contributed by atoms with Crippen molar-refractivity contribution in [2.45, 2.75) is 26.2 Å². The van der Waals surface area contributed by atoms with Gasteiger partial charge in [0.15, 0.2) is 18.1 Å². The Hall–Kier alpha value is -2.73. The maximum Gasteiger partial charge on any atom is 0.277 e. The lowest BCUT2D eigenvalue weighted by Gasteiger charge is -2.19. The number of nitrogens with one attached hydrogen (secondary N) is 1. The average Bonchev–Trinajstić information content (AvgIpc) is 3.07. The Kier molecular flexibility index (Phi) is 5.56. The zero-order chi connectivity index (χ0) is 19.4. The molecule has 0 radical (unpaired) electrons. The van der Waals surface area contributed by atoms with E-state index in [2.05, 4.69) is 31.3 Å². The zero-order valence-electron chi connectivity index (χ0n) is 15.4. The van der Waals surface area contributed by atoms with Crippen molar-refractivity contribution in [2.24, 2.45) is 5.10 Å². The van der Waals surface area contributed by atoms with E-state index in [1.807, 2.05) is 24.3 Å². The predicted octanol–water partition coefficient (Wildman–Crippen LogP) is 3.90. The van der Waals surface area contributed by atoms with Gasteiger partial charge in [0.25, 0.3) is 5.91 Å². The second-order valence-corrected chi connectivity index (χ2v) is 7.49. The molecule has 1 N–H and O–H groups in total. The van der Waals surface area contributed by atoms with Crippen LogP contribution in [0.1, 0.15) is 31.9 Å². The lowest BCUT2D eigenvalue weighted by Crippen LogP contribution is -2.24. The number of amides is 1. The molecule has 142 valence electrons. The molecule has 0 atom stereocenters. The normalized spacial score (nSPS) is 13.0. The van der Waals surface area contributed by atoms with Gasteiger partial charge >= 0.3 is 0 Å². The van der Waals surface area contributed by atoms with Crippen molar-refractivity contribution in [2.75, 3.05) is 13.4 Å². The van der Waals surface area contributed by atoms with E-state index in [1.54, 1.807) is 12.1 Å². The molecule has 0 bridgehead atoms. The van der Waals surface area contributed by atoms with Crippen molar-refractivity contribution in [3.8, 4) is 17.2 Å². The number of hydrogen-bond donors (Lipinski definition) is 1. The molecule has 1 heterocycles. The van der Waals surface area contributed by atoms with Crippen LogP contribution in [0.25, 0.3) is 0 Å². The number of carbonyl (C=O) groups excluding carboxylic acids is 1. The summed E-state index contributed by atoms with van der Waals surface area (Å²) in [6.45, 7) is 6.44. The molecule has 0 aliphatic carbocycles. The molecule has 2 aromatic rings. The number of carbonyl (C=O) groups is 1. The van der Waals surface area contributed by atoms with Gasteiger partial charge in [0, 0.05) is 11.6 Å². The molecule has 2 aromatic carbocycles. The second-order valence-electron chi connectivity index (χ2n) is 7.08. The first-order valence-corrected chi connectivity index (χ1v) is 8.85. The molecule has 7 heteroatoms. The lowest BCUT2D eigenvalue weighted by atomic mass is 9.87. The van der Waals surface area contributed by atoms with E-state index in [1.165, 1.54) is 11.8 Å². The van der Waals surface area contributed by atoms with Gasteiger partial charge < -0.3 is 14.2 Å². The van der Waals surface area contributed by atoms with Crippen molar-refractivity contribution in [1.29, 1.82) is 0 Å². The highest BCUT2D eigenvalue weighted by molar-refractivity contribution is 6.33. The molecule has 0 aromatic heterocycles. The molecule has 1 amide bonds. The molecule has 0 fully saturated rings. The maximum atomic E-state index is 11.9. The fraction of sp³-hybridized carbons (Fsp3) is 0.300. The van der Waals surface area contributed by atoms with Crippen molar-refractivity contribution in [3.05, 3.63) is 52.5 Å². The van der Waals surface area contributed by atoms with Gasteiger partial charge in [0.1, 0.15) is 5.75 Å². The Morgan fingerprint density at radius 2 is 1.89 bits per heavy atom. The molecule has 1 aliphatic rings. The third-order valence-electron chi connectivity index (χ3n) is 3.98. The van der Waals surface area contributed by atoms with E-state index in [0.717, 1.165) is 0 Å². The van der Waals surface area contributed by atoms with Crippen molar-refractivity contribution in [1.82, 2.24) is 5.43 Å². The summed E-state index contributed by atoms with van der Waals surface area (Å²) in [5.41, 5.74) is 4.29. The third-order valence-corrected chi connectivity index (χ3v) is 4.30. The monoisotopic (exact) mass is 388 g/mol. The average molecular weight is 389 g/mol. The molecule has 27 heavy (non-hydrogen) atoms. The van der Waals surface area contributed by atoms with Gasteiger partial charge in [0.2, 0.25) is 6.79 Å². The van der Waals surface area contributed by atoms with Crippen LogP contribution in [-0.4, -0.2) is 25.5 Å². The highest BCUT2D eigenvalue weighted by Crippen LogP contribution is 2.36. The Morgan fingerprint density at radius 1 is 1.22 bits per heavy atom. The van der Waals surface area contributed by atoms with Crippen LogP contribution >= 0.6 is 11.6 Å². The van der Waals surface area contributed by atoms with Gasteiger partial charge in [0.05, 0.1) is 11.2 Å². The van der Waals surface area contributed by atoms with Crippen LogP contribution in [0.4, 0.5) is 0 Å². The SMILES string of the molecule is CC(C)(C)c1ccc(OCC(=O)N/N=C/c2cc3c(cc2Cl)OCO3)cc1. The molecule has 1 aliphatic heterocycles. The van der Waals surface area contributed by atoms with Gasteiger partial charge in [-0.1, -0.05) is 44.5 Å². The number of nitrogens with zero attached hydrogens (tertiary/aromatic N) is 1. The number of rotatable bonds is 5. The zero-order valence-corrected chi connectivity index (χ0v) is 16.2. The van der Waals surface area contributed by atoms with Crippen LogP contribution in [0.15, 0.2) is 41.5 Å². The molecule has 0 unspecified atom stereocenters. The number of hydrazone groups is 1. The first-order valence-electron chi connectivity index (χ1n) is 8.47. The van der Waals surface area contributed by atoms with Gasteiger partial charge in [-0.05, 0) is 29.2 Å². The summed E-state index contributed by atoms with van der Waals surface area (Å²) in [6, 6.07) is 11.0. The van der Waals surface area contributed by atoms with E-state index >= 15 is 0 Å². The molecule has 0 saturated carbocycles. The highest BCUT2D eigenvalue weighted by Gasteiger charge is 2.16. The first-order chi connectivity index (χ1) is 12.8. The Labute approximate surface area is 163 Å². The maximum absolute atomic E-state index is 11.9.